The van der Waals surface area contributed by atoms with Crippen LogP contribution in [0, 0.1) is 5.92 Å². The minimum atomic E-state index is -0.206. The van der Waals surface area contributed by atoms with Gasteiger partial charge in [0.1, 0.15) is 6.10 Å². The maximum atomic E-state index is 11.9. The van der Waals surface area contributed by atoms with E-state index >= 15 is 0 Å². The summed E-state index contributed by atoms with van der Waals surface area (Å²) < 4.78 is 16.4. The van der Waals surface area contributed by atoms with Crippen molar-refractivity contribution in [3.63, 3.8) is 0 Å². The van der Waals surface area contributed by atoms with Crippen LogP contribution in [-0.2, 0) is 14.2 Å². The Labute approximate surface area is 107 Å². The van der Waals surface area contributed by atoms with Crippen LogP contribution in [0.4, 0.5) is 4.79 Å². The quantitative estimate of drug-likeness (QED) is 0.762. The lowest BCUT2D eigenvalue weighted by molar-refractivity contribution is 0.0385. The molecular weight excluding hydrogens is 234 g/mol. The van der Waals surface area contributed by atoms with Gasteiger partial charge in [-0.15, -0.1) is 0 Å². The molecule has 2 aliphatic heterocycles. The van der Waals surface area contributed by atoms with Crippen molar-refractivity contribution >= 4 is 6.09 Å². The zero-order chi connectivity index (χ0) is 12.4. The summed E-state index contributed by atoms with van der Waals surface area (Å²) in [6, 6.07) is 0. The minimum absolute atomic E-state index is 0.0519. The van der Waals surface area contributed by atoms with E-state index in [4.69, 9.17) is 14.2 Å². The Hall–Kier alpha value is -0.810. The molecule has 1 saturated carbocycles. The average Bonchev–Trinajstić information content (AvgIpc) is 2.88. The van der Waals surface area contributed by atoms with Crippen molar-refractivity contribution < 1.29 is 19.0 Å². The molecule has 3 rings (SSSR count). The standard InChI is InChI=1S/C13H21NO4/c15-13(18-12-4-6-16-9-12)14-5-3-11(7-14)17-8-10-1-2-10/h10-12H,1-9H2/t11-,12+/m1/s1. The molecule has 3 fully saturated rings. The molecule has 0 bridgehead atoms. The van der Waals surface area contributed by atoms with Gasteiger partial charge in [-0.2, -0.15) is 0 Å². The third-order valence-corrected chi connectivity index (χ3v) is 3.82. The molecule has 0 aromatic heterocycles. The Morgan fingerprint density at radius 3 is 2.83 bits per heavy atom. The summed E-state index contributed by atoms with van der Waals surface area (Å²) >= 11 is 0. The molecule has 1 aliphatic carbocycles. The van der Waals surface area contributed by atoms with Gasteiger partial charge in [0, 0.05) is 19.6 Å². The predicted octanol–water partition coefficient (Wildman–Crippen LogP) is 1.41. The van der Waals surface area contributed by atoms with E-state index in [1.807, 2.05) is 0 Å². The number of ether oxygens (including phenoxy) is 3. The first-order valence-corrected chi connectivity index (χ1v) is 6.96. The first-order valence-electron chi connectivity index (χ1n) is 6.96. The number of hydrogen-bond donors (Lipinski definition) is 0. The number of nitrogens with zero attached hydrogens (tertiary/aromatic N) is 1. The van der Waals surface area contributed by atoms with E-state index in [1.165, 1.54) is 12.8 Å². The topological polar surface area (TPSA) is 48.0 Å². The van der Waals surface area contributed by atoms with Crippen molar-refractivity contribution in [1.82, 2.24) is 4.90 Å². The highest BCUT2D eigenvalue weighted by Gasteiger charge is 2.31. The fourth-order valence-electron chi connectivity index (χ4n) is 2.41. The molecule has 3 aliphatic rings. The maximum Gasteiger partial charge on any atom is 0.410 e. The number of rotatable bonds is 4. The number of hydrogen-bond acceptors (Lipinski definition) is 4. The molecule has 0 radical (unpaired) electrons. The van der Waals surface area contributed by atoms with Crippen LogP contribution in [0.15, 0.2) is 0 Å². The molecule has 1 amide bonds. The summed E-state index contributed by atoms with van der Waals surface area (Å²) in [5.74, 6) is 0.779. The van der Waals surface area contributed by atoms with E-state index < -0.39 is 0 Å². The van der Waals surface area contributed by atoms with E-state index in [0.717, 1.165) is 31.9 Å². The molecule has 102 valence electrons. The Morgan fingerprint density at radius 1 is 1.22 bits per heavy atom. The second-order valence-electron chi connectivity index (χ2n) is 5.50. The second kappa shape index (κ2) is 5.45. The average molecular weight is 255 g/mol. The molecular formula is C13H21NO4. The van der Waals surface area contributed by atoms with Crippen molar-refractivity contribution in [3.05, 3.63) is 0 Å². The van der Waals surface area contributed by atoms with Gasteiger partial charge in [0.25, 0.3) is 0 Å². The van der Waals surface area contributed by atoms with Gasteiger partial charge < -0.3 is 19.1 Å². The summed E-state index contributed by atoms with van der Waals surface area (Å²) in [5.41, 5.74) is 0. The van der Waals surface area contributed by atoms with E-state index in [1.54, 1.807) is 4.90 Å². The highest BCUT2D eigenvalue weighted by atomic mass is 16.6. The van der Waals surface area contributed by atoms with Crippen molar-refractivity contribution in [2.75, 3.05) is 32.9 Å². The van der Waals surface area contributed by atoms with Crippen LogP contribution >= 0.6 is 0 Å². The van der Waals surface area contributed by atoms with E-state index in [0.29, 0.717) is 19.8 Å². The molecule has 2 atom stereocenters. The van der Waals surface area contributed by atoms with Crippen LogP contribution in [0.2, 0.25) is 0 Å². The molecule has 0 aromatic carbocycles. The van der Waals surface area contributed by atoms with Crippen molar-refractivity contribution in [3.8, 4) is 0 Å². The lowest BCUT2D eigenvalue weighted by Gasteiger charge is -2.19. The van der Waals surface area contributed by atoms with E-state index in [-0.39, 0.29) is 18.3 Å². The summed E-state index contributed by atoms with van der Waals surface area (Å²) in [6.07, 6.45) is 4.31. The molecule has 0 N–H and O–H groups in total. The molecule has 5 heteroatoms. The van der Waals surface area contributed by atoms with Crippen LogP contribution in [0.3, 0.4) is 0 Å². The zero-order valence-electron chi connectivity index (χ0n) is 10.7. The van der Waals surface area contributed by atoms with Gasteiger partial charge >= 0.3 is 6.09 Å². The Bertz CT molecular complexity index is 299. The second-order valence-corrected chi connectivity index (χ2v) is 5.50. The predicted molar refractivity (Wildman–Crippen MR) is 64.4 cm³/mol. The van der Waals surface area contributed by atoms with Gasteiger partial charge in [-0.1, -0.05) is 0 Å². The van der Waals surface area contributed by atoms with Gasteiger partial charge in [-0.25, -0.2) is 4.79 Å². The molecule has 0 unspecified atom stereocenters. The summed E-state index contributed by atoms with van der Waals surface area (Å²) in [7, 11) is 0. The van der Waals surface area contributed by atoms with Gasteiger partial charge in [0.05, 0.1) is 25.9 Å². The highest BCUT2D eigenvalue weighted by molar-refractivity contribution is 5.68. The smallest absolute Gasteiger partial charge is 0.410 e. The normalized spacial score (nSPS) is 31.9. The summed E-state index contributed by atoms with van der Waals surface area (Å²) in [6.45, 7) is 3.54. The third-order valence-electron chi connectivity index (χ3n) is 3.82. The van der Waals surface area contributed by atoms with Gasteiger partial charge in [-0.3, -0.25) is 0 Å². The monoisotopic (exact) mass is 255 g/mol. The number of carbonyl (C=O) groups is 1. The third kappa shape index (κ3) is 3.14. The molecule has 5 nitrogen and oxygen atoms in total. The van der Waals surface area contributed by atoms with Crippen LogP contribution in [0.5, 0.6) is 0 Å². The van der Waals surface area contributed by atoms with E-state index in [2.05, 4.69) is 0 Å². The molecule has 0 spiro atoms. The largest absolute Gasteiger partial charge is 0.444 e. The van der Waals surface area contributed by atoms with Crippen molar-refractivity contribution in [2.45, 2.75) is 37.9 Å². The SMILES string of the molecule is O=C(O[C@H]1CCOC1)N1CC[C@@H](OCC2CC2)C1. The lowest BCUT2D eigenvalue weighted by Crippen LogP contribution is -2.33. The fraction of sp³-hybridized carbons (Fsp3) is 0.923. The molecule has 2 saturated heterocycles. The van der Waals surface area contributed by atoms with E-state index in [9.17, 15) is 4.79 Å². The van der Waals surface area contributed by atoms with Gasteiger partial charge in [0.15, 0.2) is 0 Å². The van der Waals surface area contributed by atoms with Gasteiger partial charge in [-0.05, 0) is 25.2 Å². The maximum absolute atomic E-state index is 11.9. The van der Waals surface area contributed by atoms with Crippen LogP contribution in [-0.4, -0.2) is 56.1 Å². The molecule has 0 aromatic rings. The first kappa shape index (κ1) is 12.2. The number of carbonyl (C=O) groups excluding carboxylic acids is 1. The number of likely N-dealkylation sites (tertiary alicyclic amines) is 1. The van der Waals surface area contributed by atoms with Crippen LogP contribution in [0.1, 0.15) is 25.7 Å². The number of amides is 1. The lowest BCUT2D eigenvalue weighted by atomic mass is 10.3. The fourth-order valence-corrected chi connectivity index (χ4v) is 2.41. The van der Waals surface area contributed by atoms with Crippen LogP contribution in [0.25, 0.3) is 0 Å². The van der Waals surface area contributed by atoms with Gasteiger partial charge in [0.2, 0.25) is 0 Å². The Balaban J connectivity index is 1.38. The summed E-state index contributed by atoms with van der Waals surface area (Å²) in [4.78, 5) is 13.6. The molecule has 18 heavy (non-hydrogen) atoms. The Morgan fingerprint density at radius 2 is 2.11 bits per heavy atom. The van der Waals surface area contributed by atoms with Crippen molar-refractivity contribution in [2.24, 2.45) is 5.92 Å². The minimum Gasteiger partial charge on any atom is -0.444 e. The molecule has 2 heterocycles. The Kier molecular flexibility index (Phi) is 3.70. The van der Waals surface area contributed by atoms with Crippen molar-refractivity contribution in [1.29, 1.82) is 0 Å². The van der Waals surface area contributed by atoms with Crippen LogP contribution < -0.4 is 0 Å². The zero-order valence-corrected chi connectivity index (χ0v) is 10.7. The summed E-state index contributed by atoms with van der Waals surface area (Å²) in [5, 5.41) is 0. The first-order chi connectivity index (χ1) is 8.81. The highest BCUT2D eigenvalue weighted by Crippen LogP contribution is 2.30.